The zero-order chi connectivity index (χ0) is 16.2. The van der Waals surface area contributed by atoms with Crippen molar-refractivity contribution >= 4 is 28.8 Å². The van der Waals surface area contributed by atoms with Crippen LogP contribution in [0.5, 0.6) is 0 Å². The van der Waals surface area contributed by atoms with E-state index in [0.717, 1.165) is 4.88 Å². The lowest BCUT2D eigenvalue weighted by molar-refractivity contribution is 0.0831. The van der Waals surface area contributed by atoms with Crippen molar-refractivity contribution in [3.63, 3.8) is 0 Å². The first-order valence-electron chi connectivity index (χ1n) is 6.74. The number of halogens is 1. The van der Waals surface area contributed by atoms with Gasteiger partial charge in [0.2, 0.25) is 5.76 Å². The molecule has 6 nitrogen and oxygen atoms in total. The highest BCUT2D eigenvalue weighted by Crippen LogP contribution is 2.28. The molecule has 1 amide bonds. The van der Waals surface area contributed by atoms with E-state index < -0.39 is 0 Å². The minimum atomic E-state index is -0.351. The van der Waals surface area contributed by atoms with Gasteiger partial charge in [-0.15, -0.1) is 11.3 Å². The van der Waals surface area contributed by atoms with E-state index in [1.807, 2.05) is 6.07 Å². The Bertz CT molecular complexity index is 781. The van der Waals surface area contributed by atoms with E-state index in [0.29, 0.717) is 22.4 Å². The smallest absolute Gasteiger partial charge is 0.273 e. The predicted molar refractivity (Wildman–Crippen MR) is 85.6 cm³/mol. The number of nitrogens with one attached hydrogen (secondary N) is 1. The highest BCUT2D eigenvalue weighted by atomic mass is 35.5. The summed E-state index contributed by atoms with van der Waals surface area (Å²) in [6, 6.07) is 8.65. The third-order valence-electron chi connectivity index (χ3n) is 3.15. The van der Waals surface area contributed by atoms with Crippen LogP contribution in [0.1, 0.15) is 21.5 Å². The molecule has 3 rings (SSSR count). The number of hydrogen-bond acceptors (Lipinski definition) is 6. The maximum absolute atomic E-state index is 12.1. The number of rotatable bonds is 6. The van der Waals surface area contributed by atoms with Crippen LogP contribution in [0, 0.1) is 0 Å². The van der Waals surface area contributed by atoms with E-state index in [9.17, 15) is 4.79 Å². The van der Waals surface area contributed by atoms with Gasteiger partial charge in [0, 0.05) is 24.6 Å². The van der Waals surface area contributed by atoms with Crippen LogP contribution in [0.2, 0.25) is 4.34 Å². The van der Waals surface area contributed by atoms with Crippen LogP contribution >= 0.6 is 22.9 Å². The van der Waals surface area contributed by atoms with Gasteiger partial charge in [-0.2, -0.15) is 0 Å². The van der Waals surface area contributed by atoms with Gasteiger partial charge in [0.05, 0.1) is 10.6 Å². The number of methoxy groups -OCH3 is 1. The molecule has 0 bridgehead atoms. The lowest BCUT2D eigenvalue weighted by Crippen LogP contribution is -2.29. The van der Waals surface area contributed by atoms with E-state index in [1.54, 1.807) is 25.3 Å². The Morgan fingerprint density at radius 3 is 2.96 bits per heavy atom. The first-order valence-corrected chi connectivity index (χ1v) is 7.93. The SMILES string of the molecule is CO[C@@H](CNC(=O)c1cc(-c2ccco2)on1)c1ccc(Cl)s1. The number of aromatic nitrogens is 1. The van der Waals surface area contributed by atoms with Crippen LogP contribution in [-0.2, 0) is 4.74 Å². The average Bonchev–Trinajstić information content (AvgIpc) is 3.28. The van der Waals surface area contributed by atoms with Crippen molar-refractivity contribution in [2.75, 3.05) is 13.7 Å². The fraction of sp³-hybridized carbons (Fsp3) is 0.200. The number of carbonyl (C=O) groups is 1. The third-order valence-corrected chi connectivity index (χ3v) is 4.47. The molecule has 0 fully saturated rings. The molecule has 0 unspecified atom stereocenters. The summed E-state index contributed by atoms with van der Waals surface area (Å²) in [6.45, 7) is 0.301. The lowest BCUT2D eigenvalue weighted by atomic mass is 10.2. The average molecular weight is 353 g/mol. The highest BCUT2D eigenvalue weighted by Gasteiger charge is 2.18. The van der Waals surface area contributed by atoms with E-state index in [2.05, 4.69) is 10.5 Å². The monoisotopic (exact) mass is 352 g/mol. The van der Waals surface area contributed by atoms with Gasteiger partial charge in [-0.3, -0.25) is 4.79 Å². The van der Waals surface area contributed by atoms with Gasteiger partial charge in [-0.25, -0.2) is 0 Å². The second-order valence-corrected chi connectivity index (χ2v) is 6.38. The molecule has 0 saturated heterocycles. The normalized spacial score (nSPS) is 12.3. The molecule has 0 spiro atoms. The lowest BCUT2D eigenvalue weighted by Gasteiger charge is -2.13. The molecule has 3 heterocycles. The molecule has 0 aliphatic carbocycles. The van der Waals surface area contributed by atoms with Crippen molar-refractivity contribution in [1.29, 1.82) is 0 Å². The minimum Gasteiger partial charge on any atom is -0.461 e. The van der Waals surface area contributed by atoms with Gasteiger partial charge in [0.1, 0.15) is 6.10 Å². The maximum atomic E-state index is 12.1. The number of furan rings is 1. The van der Waals surface area contributed by atoms with Crippen molar-refractivity contribution in [2.24, 2.45) is 0 Å². The second-order valence-electron chi connectivity index (χ2n) is 4.63. The first-order chi connectivity index (χ1) is 11.2. The standard InChI is InChI=1S/C15H13ClN2O4S/c1-20-12(13-4-5-14(16)23-13)8-17-15(19)9-7-11(22-18-9)10-3-2-6-21-10/h2-7,12H,8H2,1H3,(H,17,19)/t12-/m0/s1. The van der Waals surface area contributed by atoms with E-state index in [-0.39, 0.29) is 17.7 Å². The predicted octanol–water partition coefficient (Wildman–Crippen LogP) is 3.77. The fourth-order valence-electron chi connectivity index (χ4n) is 1.99. The summed E-state index contributed by atoms with van der Waals surface area (Å²) in [5, 5.41) is 6.51. The zero-order valence-electron chi connectivity index (χ0n) is 12.1. The van der Waals surface area contributed by atoms with Gasteiger partial charge in [-0.05, 0) is 24.3 Å². The van der Waals surface area contributed by atoms with Gasteiger partial charge >= 0.3 is 0 Å². The summed E-state index contributed by atoms with van der Waals surface area (Å²) in [7, 11) is 1.58. The molecule has 0 aromatic carbocycles. The topological polar surface area (TPSA) is 77.5 Å². The van der Waals surface area contributed by atoms with Crippen molar-refractivity contribution < 1.29 is 18.5 Å². The van der Waals surface area contributed by atoms with Crippen molar-refractivity contribution in [2.45, 2.75) is 6.10 Å². The molecule has 3 aromatic heterocycles. The molecular formula is C15H13ClN2O4S. The molecule has 0 aliphatic rings. The molecule has 23 heavy (non-hydrogen) atoms. The summed E-state index contributed by atoms with van der Waals surface area (Å²) in [6.07, 6.45) is 1.25. The molecule has 8 heteroatoms. The van der Waals surface area contributed by atoms with Crippen LogP contribution < -0.4 is 5.32 Å². The molecule has 0 saturated carbocycles. The molecule has 3 aromatic rings. The highest BCUT2D eigenvalue weighted by molar-refractivity contribution is 7.16. The maximum Gasteiger partial charge on any atom is 0.273 e. The third kappa shape index (κ3) is 3.64. The summed E-state index contributed by atoms with van der Waals surface area (Å²) in [5.74, 6) is 0.560. The van der Waals surface area contributed by atoms with Crippen LogP contribution in [0.25, 0.3) is 11.5 Å². The van der Waals surface area contributed by atoms with Crippen LogP contribution in [-0.4, -0.2) is 24.7 Å². The second kappa shape index (κ2) is 6.99. The Labute approximate surface area is 141 Å². The van der Waals surface area contributed by atoms with Gasteiger partial charge in [0.15, 0.2) is 11.5 Å². The zero-order valence-corrected chi connectivity index (χ0v) is 13.7. The van der Waals surface area contributed by atoms with Crippen molar-refractivity contribution in [3.8, 4) is 11.5 Å². The minimum absolute atomic E-state index is 0.176. The van der Waals surface area contributed by atoms with Crippen molar-refractivity contribution in [1.82, 2.24) is 10.5 Å². The molecule has 120 valence electrons. The Morgan fingerprint density at radius 2 is 2.30 bits per heavy atom. The molecule has 0 aliphatic heterocycles. The Kier molecular flexibility index (Phi) is 4.80. The Balaban J connectivity index is 1.63. The van der Waals surface area contributed by atoms with Crippen LogP contribution in [0.15, 0.2) is 45.5 Å². The molecular weight excluding hydrogens is 340 g/mol. The quantitative estimate of drug-likeness (QED) is 0.730. The summed E-state index contributed by atoms with van der Waals surface area (Å²) in [4.78, 5) is 13.1. The number of amides is 1. The van der Waals surface area contributed by atoms with Gasteiger partial charge < -0.3 is 19.0 Å². The summed E-state index contributed by atoms with van der Waals surface area (Å²) >= 11 is 7.33. The molecule has 1 atom stereocenters. The number of hydrogen-bond donors (Lipinski definition) is 1. The van der Waals surface area contributed by atoms with Crippen LogP contribution in [0.4, 0.5) is 0 Å². The number of nitrogens with zero attached hydrogens (tertiary/aromatic N) is 1. The largest absolute Gasteiger partial charge is 0.461 e. The Hall–Kier alpha value is -2.09. The first kappa shape index (κ1) is 15.8. The van der Waals surface area contributed by atoms with Gasteiger partial charge in [-0.1, -0.05) is 16.8 Å². The van der Waals surface area contributed by atoms with Gasteiger partial charge in [0.25, 0.3) is 5.91 Å². The van der Waals surface area contributed by atoms with E-state index in [1.165, 1.54) is 23.7 Å². The van der Waals surface area contributed by atoms with Crippen LogP contribution in [0.3, 0.4) is 0 Å². The summed E-state index contributed by atoms with van der Waals surface area (Å²) in [5.41, 5.74) is 0.176. The number of carbonyl (C=O) groups excluding carboxylic acids is 1. The fourth-order valence-corrected chi connectivity index (χ4v) is 3.13. The van der Waals surface area contributed by atoms with E-state index >= 15 is 0 Å². The Morgan fingerprint density at radius 1 is 1.43 bits per heavy atom. The number of thiophene rings is 1. The van der Waals surface area contributed by atoms with Crippen molar-refractivity contribution in [3.05, 3.63) is 51.5 Å². The molecule has 1 N–H and O–H groups in total. The molecule has 0 radical (unpaired) electrons. The van der Waals surface area contributed by atoms with E-state index in [4.69, 9.17) is 25.3 Å². The summed E-state index contributed by atoms with van der Waals surface area (Å²) < 4.78 is 16.3. The number of ether oxygens (including phenoxy) is 1.